The van der Waals surface area contributed by atoms with Crippen LogP contribution < -0.4 is 4.74 Å². The van der Waals surface area contributed by atoms with E-state index in [-0.39, 0.29) is 23.5 Å². The van der Waals surface area contributed by atoms with Gasteiger partial charge in [0.1, 0.15) is 0 Å². The first kappa shape index (κ1) is 15.7. The van der Waals surface area contributed by atoms with E-state index in [1.54, 1.807) is 27.4 Å². The Balaban J connectivity index is 1.94. The second-order valence-corrected chi connectivity index (χ2v) is 6.60. The largest absolute Gasteiger partial charge is 0.504 e. The Labute approximate surface area is 142 Å². The molecule has 0 bridgehead atoms. The highest BCUT2D eigenvalue weighted by atomic mass is 16.5. The SMILES string of the molecule is COc1cc2c(cc1O)C(OC)CN1CC=C3C=C[C@H](OC)C[C@]321. The Morgan fingerprint density at radius 1 is 1.21 bits per heavy atom. The highest BCUT2D eigenvalue weighted by Crippen LogP contribution is 2.54. The third-order valence-corrected chi connectivity index (χ3v) is 5.65. The van der Waals surface area contributed by atoms with Gasteiger partial charge >= 0.3 is 0 Å². The number of phenols is 1. The number of hydrogen-bond acceptors (Lipinski definition) is 5. The number of nitrogens with zero attached hydrogens (tertiary/aromatic N) is 1. The first-order valence-corrected chi connectivity index (χ1v) is 8.25. The predicted octanol–water partition coefficient (Wildman–Crippen LogP) is 2.51. The van der Waals surface area contributed by atoms with Crippen LogP contribution in [0.5, 0.6) is 11.5 Å². The van der Waals surface area contributed by atoms with Crippen molar-refractivity contribution in [3.63, 3.8) is 0 Å². The normalized spacial score (nSPS) is 31.2. The van der Waals surface area contributed by atoms with E-state index < -0.39 is 0 Å². The van der Waals surface area contributed by atoms with E-state index in [4.69, 9.17) is 14.2 Å². The number of phenolic OH excluding ortho intramolecular Hbond substituents is 1. The Morgan fingerprint density at radius 3 is 2.75 bits per heavy atom. The molecule has 128 valence electrons. The van der Waals surface area contributed by atoms with Gasteiger partial charge in [0.25, 0.3) is 0 Å². The van der Waals surface area contributed by atoms with Gasteiger partial charge in [-0.15, -0.1) is 0 Å². The van der Waals surface area contributed by atoms with Gasteiger partial charge in [-0.3, -0.25) is 4.90 Å². The Hall–Kier alpha value is -1.82. The molecule has 4 rings (SSSR count). The van der Waals surface area contributed by atoms with Crippen molar-refractivity contribution >= 4 is 0 Å². The number of aromatic hydroxyl groups is 1. The van der Waals surface area contributed by atoms with Crippen LogP contribution in [-0.2, 0) is 15.0 Å². The van der Waals surface area contributed by atoms with Crippen molar-refractivity contribution in [2.24, 2.45) is 0 Å². The van der Waals surface area contributed by atoms with E-state index in [0.29, 0.717) is 5.75 Å². The molecule has 2 aliphatic heterocycles. The number of ether oxygens (including phenoxy) is 3. The smallest absolute Gasteiger partial charge is 0.160 e. The van der Waals surface area contributed by atoms with Gasteiger partial charge in [-0.1, -0.05) is 18.2 Å². The van der Waals surface area contributed by atoms with Gasteiger partial charge in [-0.05, 0) is 28.8 Å². The van der Waals surface area contributed by atoms with Crippen LogP contribution in [0.2, 0.25) is 0 Å². The van der Waals surface area contributed by atoms with Gasteiger partial charge in [0, 0.05) is 33.7 Å². The maximum atomic E-state index is 10.3. The summed E-state index contributed by atoms with van der Waals surface area (Å²) in [6.07, 6.45) is 7.43. The summed E-state index contributed by atoms with van der Waals surface area (Å²) in [4.78, 5) is 2.45. The molecular weight excluding hydrogens is 306 g/mol. The first-order chi connectivity index (χ1) is 11.6. The van der Waals surface area contributed by atoms with Crippen LogP contribution in [0.25, 0.3) is 0 Å². The number of methoxy groups -OCH3 is 3. The zero-order valence-electron chi connectivity index (χ0n) is 14.3. The molecule has 0 aromatic heterocycles. The zero-order chi connectivity index (χ0) is 16.9. The topological polar surface area (TPSA) is 51.2 Å². The third-order valence-electron chi connectivity index (χ3n) is 5.65. The lowest BCUT2D eigenvalue weighted by Crippen LogP contribution is -2.52. The van der Waals surface area contributed by atoms with Gasteiger partial charge in [0.05, 0.1) is 24.9 Å². The molecule has 3 aliphatic rings. The molecule has 5 heteroatoms. The number of benzene rings is 1. The summed E-state index contributed by atoms with van der Waals surface area (Å²) in [6, 6.07) is 3.76. The quantitative estimate of drug-likeness (QED) is 0.923. The van der Waals surface area contributed by atoms with E-state index in [1.165, 1.54) is 5.57 Å². The molecule has 24 heavy (non-hydrogen) atoms. The molecule has 0 fully saturated rings. The maximum absolute atomic E-state index is 10.3. The summed E-state index contributed by atoms with van der Waals surface area (Å²) in [5, 5.41) is 10.3. The average Bonchev–Trinajstić information content (AvgIpc) is 2.98. The summed E-state index contributed by atoms with van der Waals surface area (Å²) in [5.74, 6) is 0.649. The molecule has 1 unspecified atom stereocenters. The summed E-state index contributed by atoms with van der Waals surface area (Å²) in [5.41, 5.74) is 3.23. The fourth-order valence-corrected chi connectivity index (χ4v) is 4.44. The molecular formula is C19H23NO4. The molecule has 1 aromatic carbocycles. The highest BCUT2D eigenvalue weighted by molar-refractivity contribution is 5.58. The van der Waals surface area contributed by atoms with Crippen LogP contribution in [0, 0.1) is 0 Å². The Kier molecular flexibility index (Phi) is 3.67. The van der Waals surface area contributed by atoms with Crippen molar-refractivity contribution in [3.8, 4) is 11.5 Å². The van der Waals surface area contributed by atoms with Crippen LogP contribution in [0.3, 0.4) is 0 Å². The van der Waals surface area contributed by atoms with Crippen LogP contribution in [-0.4, -0.2) is 50.5 Å². The molecule has 3 atom stereocenters. The molecule has 0 radical (unpaired) electrons. The van der Waals surface area contributed by atoms with Crippen molar-refractivity contribution in [1.82, 2.24) is 4.90 Å². The molecule has 5 nitrogen and oxygen atoms in total. The van der Waals surface area contributed by atoms with Crippen molar-refractivity contribution < 1.29 is 19.3 Å². The molecule has 0 saturated carbocycles. The van der Waals surface area contributed by atoms with Crippen molar-refractivity contribution in [1.29, 1.82) is 0 Å². The molecule has 1 aliphatic carbocycles. The molecule has 1 aromatic rings. The second kappa shape index (κ2) is 5.62. The third kappa shape index (κ3) is 1.98. The Morgan fingerprint density at radius 2 is 2.04 bits per heavy atom. The van der Waals surface area contributed by atoms with Crippen molar-refractivity contribution in [2.75, 3.05) is 34.4 Å². The van der Waals surface area contributed by atoms with Gasteiger partial charge < -0.3 is 19.3 Å². The van der Waals surface area contributed by atoms with Gasteiger partial charge in [-0.25, -0.2) is 0 Å². The maximum Gasteiger partial charge on any atom is 0.160 e. The lowest BCUT2D eigenvalue weighted by Gasteiger charge is -2.50. The van der Waals surface area contributed by atoms with E-state index in [0.717, 1.165) is 30.6 Å². The van der Waals surface area contributed by atoms with Crippen LogP contribution in [0.1, 0.15) is 23.7 Å². The molecule has 0 amide bonds. The molecule has 0 saturated heterocycles. The van der Waals surface area contributed by atoms with Crippen molar-refractivity contribution in [3.05, 3.63) is 47.1 Å². The predicted molar refractivity (Wildman–Crippen MR) is 90.3 cm³/mol. The number of hydrogen-bond donors (Lipinski definition) is 1. The molecule has 1 spiro atoms. The van der Waals surface area contributed by atoms with E-state index in [9.17, 15) is 5.11 Å². The van der Waals surface area contributed by atoms with Crippen LogP contribution in [0.4, 0.5) is 0 Å². The number of fused-ring (bicyclic) bond motifs is 1. The van der Waals surface area contributed by atoms with Gasteiger partial charge in [0.2, 0.25) is 0 Å². The minimum atomic E-state index is -0.235. The summed E-state index contributed by atoms with van der Waals surface area (Å²) in [6.45, 7) is 1.68. The van der Waals surface area contributed by atoms with E-state index in [1.807, 2.05) is 6.07 Å². The van der Waals surface area contributed by atoms with Crippen LogP contribution >= 0.6 is 0 Å². The first-order valence-electron chi connectivity index (χ1n) is 8.25. The van der Waals surface area contributed by atoms with E-state index in [2.05, 4.69) is 23.1 Å². The summed E-state index contributed by atoms with van der Waals surface area (Å²) < 4.78 is 16.7. The molecule has 1 N–H and O–H groups in total. The highest BCUT2D eigenvalue weighted by Gasteiger charge is 2.52. The standard InChI is InChI=1S/C19H23NO4/c1-22-13-5-4-12-6-7-20-11-18(24-3)14-8-16(21)17(23-2)9-15(14)19(12,20)10-13/h4-6,8-9,13,18,21H,7,10-11H2,1-3H3/t13-,18?,19-/m0/s1. The van der Waals surface area contributed by atoms with E-state index >= 15 is 0 Å². The van der Waals surface area contributed by atoms with Crippen molar-refractivity contribution in [2.45, 2.75) is 24.2 Å². The van der Waals surface area contributed by atoms with Gasteiger partial charge in [-0.2, -0.15) is 0 Å². The minimum absolute atomic E-state index is 0.0643. The Bertz CT molecular complexity index is 726. The lowest BCUT2D eigenvalue weighted by atomic mass is 9.70. The monoisotopic (exact) mass is 329 g/mol. The second-order valence-electron chi connectivity index (χ2n) is 6.60. The lowest BCUT2D eigenvalue weighted by molar-refractivity contribution is -0.00662. The number of rotatable bonds is 3. The summed E-state index contributed by atoms with van der Waals surface area (Å²) in [7, 11) is 5.05. The minimum Gasteiger partial charge on any atom is -0.504 e. The summed E-state index contributed by atoms with van der Waals surface area (Å²) >= 11 is 0. The van der Waals surface area contributed by atoms with Crippen LogP contribution in [0.15, 0.2) is 35.9 Å². The fraction of sp³-hybridized carbons (Fsp3) is 0.474. The zero-order valence-corrected chi connectivity index (χ0v) is 14.3. The van der Waals surface area contributed by atoms with Gasteiger partial charge in [0.15, 0.2) is 11.5 Å². The average molecular weight is 329 g/mol. The molecule has 2 heterocycles. The fourth-order valence-electron chi connectivity index (χ4n) is 4.44.